The van der Waals surface area contributed by atoms with Crippen molar-refractivity contribution >= 4 is 11.8 Å². The molecular weight excluding hydrogens is 362 g/mol. The van der Waals surface area contributed by atoms with E-state index in [-0.39, 0.29) is 17.9 Å². The molecule has 0 unspecified atom stereocenters. The van der Waals surface area contributed by atoms with Crippen LogP contribution in [0.5, 0.6) is 0 Å². The van der Waals surface area contributed by atoms with Crippen molar-refractivity contribution in [2.75, 3.05) is 6.54 Å². The number of pyridine rings is 1. The molecule has 1 saturated carbocycles. The SMILES string of the molecule is CC(=O)N[C@H](c1ccccn1)C1CCC(CNC(=O)Cc2cccc(C)c2)CC1. The molecule has 1 aromatic heterocycles. The van der Waals surface area contributed by atoms with E-state index in [9.17, 15) is 9.59 Å². The average Bonchev–Trinajstić information content (AvgIpc) is 2.71. The van der Waals surface area contributed by atoms with Crippen LogP contribution in [-0.2, 0) is 16.0 Å². The second-order valence-electron chi connectivity index (χ2n) is 8.18. The minimum Gasteiger partial charge on any atom is -0.356 e. The Hall–Kier alpha value is -2.69. The van der Waals surface area contributed by atoms with Gasteiger partial charge in [-0.25, -0.2) is 0 Å². The van der Waals surface area contributed by atoms with Gasteiger partial charge in [0.15, 0.2) is 0 Å². The normalized spacial score (nSPS) is 19.9. The van der Waals surface area contributed by atoms with E-state index >= 15 is 0 Å². The molecule has 2 aromatic rings. The molecule has 0 spiro atoms. The van der Waals surface area contributed by atoms with Gasteiger partial charge < -0.3 is 10.6 Å². The predicted molar refractivity (Wildman–Crippen MR) is 114 cm³/mol. The topological polar surface area (TPSA) is 71.1 Å². The van der Waals surface area contributed by atoms with Crippen LogP contribution in [-0.4, -0.2) is 23.3 Å². The van der Waals surface area contributed by atoms with Gasteiger partial charge in [0.2, 0.25) is 11.8 Å². The number of benzene rings is 1. The first kappa shape index (κ1) is 21.0. The highest BCUT2D eigenvalue weighted by Gasteiger charge is 2.30. The molecule has 1 atom stereocenters. The first-order chi connectivity index (χ1) is 14.0. The number of amides is 2. The molecule has 0 aliphatic heterocycles. The molecule has 0 radical (unpaired) electrons. The molecule has 5 heteroatoms. The Bertz CT molecular complexity index is 814. The van der Waals surface area contributed by atoms with Gasteiger partial charge in [-0.1, -0.05) is 35.9 Å². The lowest BCUT2D eigenvalue weighted by atomic mass is 9.77. The Labute approximate surface area is 173 Å². The van der Waals surface area contributed by atoms with Crippen molar-refractivity contribution in [2.45, 2.75) is 52.0 Å². The first-order valence-corrected chi connectivity index (χ1v) is 10.5. The molecular formula is C24H31N3O2. The molecule has 5 nitrogen and oxygen atoms in total. The van der Waals surface area contributed by atoms with Crippen molar-refractivity contribution in [3.63, 3.8) is 0 Å². The Morgan fingerprint density at radius 2 is 1.90 bits per heavy atom. The molecule has 0 bridgehead atoms. The van der Waals surface area contributed by atoms with E-state index in [1.165, 1.54) is 5.56 Å². The number of aromatic nitrogens is 1. The van der Waals surface area contributed by atoms with Crippen molar-refractivity contribution in [3.05, 3.63) is 65.5 Å². The Balaban J connectivity index is 1.47. The second kappa shape index (κ2) is 10.2. The quantitative estimate of drug-likeness (QED) is 0.753. The van der Waals surface area contributed by atoms with Crippen molar-refractivity contribution in [3.8, 4) is 0 Å². The maximum Gasteiger partial charge on any atom is 0.224 e. The number of nitrogens with zero attached hydrogens (tertiary/aromatic N) is 1. The Morgan fingerprint density at radius 3 is 2.55 bits per heavy atom. The lowest BCUT2D eigenvalue weighted by molar-refractivity contribution is -0.121. The van der Waals surface area contributed by atoms with E-state index < -0.39 is 0 Å². The van der Waals surface area contributed by atoms with Gasteiger partial charge in [0, 0.05) is 19.7 Å². The fourth-order valence-corrected chi connectivity index (χ4v) is 4.27. The molecule has 0 saturated heterocycles. The molecule has 29 heavy (non-hydrogen) atoms. The van der Waals surface area contributed by atoms with Crippen LogP contribution in [0.2, 0.25) is 0 Å². The van der Waals surface area contributed by atoms with Crippen LogP contribution in [0.25, 0.3) is 0 Å². The van der Waals surface area contributed by atoms with Crippen molar-refractivity contribution in [2.24, 2.45) is 11.8 Å². The van der Waals surface area contributed by atoms with E-state index in [2.05, 4.69) is 21.7 Å². The third kappa shape index (κ3) is 6.41. The van der Waals surface area contributed by atoms with Gasteiger partial charge in [0.1, 0.15) is 0 Å². The van der Waals surface area contributed by atoms with Gasteiger partial charge in [-0.3, -0.25) is 14.6 Å². The molecule has 1 aliphatic carbocycles. The van der Waals surface area contributed by atoms with Crippen LogP contribution in [0, 0.1) is 18.8 Å². The first-order valence-electron chi connectivity index (χ1n) is 10.5. The molecule has 1 aliphatic rings. The highest BCUT2D eigenvalue weighted by molar-refractivity contribution is 5.78. The van der Waals surface area contributed by atoms with Crippen molar-refractivity contribution < 1.29 is 9.59 Å². The molecule has 1 aromatic carbocycles. The smallest absolute Gasteiger partial charge is 0.224 e. The molecule has 1 fully saturated rings. The minimum absolute atomic E-state index is 0.0220. The lowest BCUT2D eigenvalue weighted by Gasteiger charge is -2.34. The number of rotatable bonds is 7. The summed E-state index contributed by atoms with van der Waals surface area (Å²) in [6.07, 6.45) is 6.37. The number of carbonyl (C=O) groups excluding carboxylic acids is 2. The maximum atomic E-state index is 12.3. The van der Waals surface area contributed by atoms with Gasteiger partial charge in [-0.05, 0) is 62.1 Å². The summed E-state index contributed by atoms with van der Waals surface area (Å²) in [6, 6.07) is 13.9. The number of hydrogen-bond donors (Lipinski definition) is 2. The zero-order valence-electron chi connectivity index (χ0n) is 17.4. The van der Waals surface area contributed by atoms with Crippen LogP contribution in [0.1, 0.15) is 55.5 Å². The molecule has 2 N–H and O–H groups in total. The molecule has 154 valence electrons. The van der Waals surface area contributed by atoms with Gasteiger partial charge >= 0.3 is 0 Å². The maximum absolute atomic E-state index is 12.3. The number of nitrogens with one attached hydrogen (secondary N) is 2. The number of carbonyl (C=O) groups is 2. The van der Waals surface area contributed by atoms with Crippen LogP contribution in [0.4, 0.5) is 0 Å². The van der Waals surface area contributed by atoms with E-state index in [1.54, 1.807) is 13.1 Å². The highest BCUT2D eigenvalue weighted by atomic mass is 16.2. The zero-order chi connectivity index (χ0) is 20.6. The van der Waals surface area contributed by atoms with Crippen LogP contribution in [0.3, 0.4) is 0 Å². The van der Waals surface area contributed by atoms with Crippen molar-refractivity contribution in [1.82, 2.24) is 15.6 Å². The summed E-state index contributed by atoms with van der Waals surface area (Å²) in [6.45, 7) is 4.33. The summed E-state index contributed by atoms with van der Waals surface area (Å²) in [5.74, 6) is 0.941. The van der Waals surface area contributed by atoms with Gasteiger partial charge in [0.05, 0.1) is 18.2 Å². The number of hydrogen-bond acceptors (Lipinski definition) is 3. The summed E-state index contributed by atoms with van der Waals surface area (Å²) >= 11 is 0. The minimum atomic E-state index is -0.0365. The van der Waals surface area contributed by atoms with Gasteiger partial charge in [0.25, 0.3) is 0 Å². The van der Waals surface area contributed by atoms with Crippen LogP contribution < -0.4 is 10.6 Å². The summed E-state index contributed by atoms with van der Waals surface area (Å²) < 4.78 is 0. The molecule has 3 rings (SSSR count). The van der Waals surface area contributed by atoms with E-state index in [1.807, 2.05) is 43.3 Å². The third-order valence-electron chi connectivity index (χ3n) is 5.76. The highest BCUT2D eigenvalue weighted by Crippen LogP contribution is 2.36. The van der Waals surface area contributed by atoms with E-state index in [4.69, 9.17) is 0 Å². The molecule has 2 amide bonds. The third-order valence-corrected chi connectivity index (χ3v) is 5.76. The van der Waals surface area contributed by atoms with Crippen LogP contribution in [0.15, 0.2) is 48.7 Å². The zero-order valence-corrected chi connectivity index (χ0v) is 17.4. The summed E-state index contributed by atoms with van der Waals surface area (Å²) in [5, 5.41) is 6.20. The Morgan fingerprint density at radius 1 is 1.10 bits per heavy atom. The summed E-state index contributed by atoms with van der Waals surface area (Å²) in [7, 11) is 0. The lowest BCUT2D eigenvalue weighted by Crippen LogP contribution is -2.36. The average molecular weight is 394 g/mol. The van der Waals surface area contributed by atoms with E-state index in [0.29, 0.717) is 18.3 Å². The second-order valence-corrected chi connectivity index (χ2v) is 8.18. The van der Waals surface area contributed by atoms with Gasteiger partial charge in [-0.15, -0.1) is 0 Å². The van der Waals surface area contributed by atoms with Gasteiger partial charge in [-0.2, -0.15) is 0 Å². The largest absolute Gasteiger partial charge is 0.356 e. The number of aryl methyl sites for hydroxylation is 1. The standard InChI is InChI=1S/C24H31N3O2/c1-17-6-5-7-20(14-17)15-23(29)26-16-19-9-11-21(12-10-19)24(27-18(2)28)22-8-3-4-13-25-22/h3-8,13-14,19,21,24H,9-12,15-16H2,1-2H3,(H,26,29)(H,27,28)/t19?,21?,24-/m0/s1. The fraction of sp³-hybridized carbons (Fsp3) is 0.458. The van der Waals surface area contributed by atoms with Crippen molar-refractivity contribution in [1.29, 1.82) is 0 Å². The predicted octanol–water partition coefficient (Wildman–Crippen LogP) is 3.73. The van der Waals surface area contributed by atoms with Crippen LogP contribution >= 0.6 is 0 Å². The van der Waals surface area contributed by atoms with E-state index in [0.717, 1.165) is 43.5 Å². The summed E-state index contributed by atoms with van der Waals surface area (Å²) in [5.41, 5.74) is 3.16. The molecule has 1 heterocycles. The Kier molecular flexibility index (Phi) is 7.39. The fourth-order valence-electron chi connectivity index (χ4n) is 4.27. The summed E-state index contributed by atoms with van der Waals surface area (Å²) in [4.78, 5) is 28.4. The monoisotopic (exact) mass is 393 g/mol.